The number of piperazine rings is 1. The first-order valence-electron chi connectivity index (χ1n) is 24.2. The van der Waals surface area contributed by atoms with E-state index in [4.69, 9.17) is 25.8 Å². The van der Waals surface area contributed by atoms with Crippen molar-refractivity contribution < 1.29 is 28.8 Å². The third kappa shape index (κ3) is 10.6. The number of pyridine rings is 1. The molecule has 2 aliphatic heterocycles. The first kappa shape index (κ1) is 50.5. The molecule has 1 saturated carbocycles. The highest BCUT2D eigenvalue weighted by Gasteiger charge is 2.64. The molecule has 0 radical (unpaired) electrons. The van der Waals surface area contributed by atoms with Crippen molar-refractivity contribution in [3.8, 4) is 22.3 Å². The van der Waals surface area contributed by atoms with Gasteiger partial charge in [-0.25, -0.2) is 9.97 Å². The molecular formula is C53H64ClN9O6S. The molecule has 5 aromatic rings. The van der Waals surface area contributed by atoms with Crippen LogP contribution in [0.25, 0.3) is 10.4 Å². The van der Waals surface area contributed by atoms with Crippen LogP contribution in [0.4, 0.5) is 5.82 Å². The second-order valence-corrected chi connectivity index (χ2v) is 21.9. The average molecular weight is 991 g/mol. The van der Waals surface area contributed by atoms with E-state index in [1.54, 1.807) is 35.7 Å². The molecule has 3 N–H and O–H groups in total. The maximum atomic E-state index is 14.3. The fourth-order valence-electron chi connectivity index (χ4n) is 10.9. The zero-order valence-electron chi connectivity index (χ0n) is 41.2. The van der Waals surface area contributed by atoms with E-state index in [-0.39, 0.29) is 65.6 Å². The number of nitriles is 1. The molecule has 0 bridgehead atoms. The predicted octanol–water partition coefficient (Wildman–Crippen LogP) is 7.97. The van der Waals surface area contributed by atoms with Crippen LogP contribution in [-0.4, -0.2) is 111 Å². The lowest BCUT2D eigenvalue weighted by Crippen LogP contribution is -2.74. The number of anilines is 1. The summed E-state index contributed by atoms with van der Waals surface area (Å²) in [7, 11) is 0. The molecule has 15 nitrogen and oxygen atoms in total. The Morgan fingerprint density at radius 3 is 2.36 bits per heavy atom. The van der Waals surface area contributed by atoms with Crippen LogP contribution in [0, 0.1) is 35.0 Å². The smallest absolute Gasteiger partial charge is 0.253 e. The van der Waals surface area contributed by atoms with E-state index in [9.17, 15) is 24.8 Å². The zero-order valence-corrected chi connectivity index (χ0v) is 42.8. The highest BCUT2D eigenvalue weighted by molar-refractivity contribution is 7.13. The minimum atomic E-state index is -0.814. The largest absolute Gasteiger partial charge is 0.489 e. The summed E-state index contributed by atoms with van der Waals surface area (Å²) < 4.78 is 12.2. The number of hydrogen-bond acceptors (Lipinski definition) is 13. The van der Waals surface area contributed by atoms with Crippen LogP contribution in [0.2, 0.25) is 5.02 Å². The summed E-state index contributed by atoms with van der Waals surface area (Å²) in [6, 6.07) is 19.5. The Hall–Kier alpha value is -5.86. The van der Waals surface area contributed by atoms with Crippen LogP contribution in [-0.2, 0) is 16.0 Å². The minimum Gasteiger partial charge on any atom is -0.489 e. The van der Waals surface area contributed by atoms with Crippen LogP contribution >= 0.6 is 22.9 Å². The Morgan fingerprint density at radius 1 is 1.00 bits per heavy atom. The van der Waals surface area contributed by atoms with Crippen molar-refractivity contribution in [2.24, 2.45) is 16.7 Å². The van der Waals surface area contributed by atoms with Gasteiger partial charge in [0.1, 0.15) is 41.5 Å². The lowest BCUT2D eigenvalue weighted by atomic mass is 9.49. The number of nitrogens with one attached hydrogen (secondary N) is 2. The topological polar surface area (TPSA) is 190 Å². The minimum absolute atomic E-state index is 0.0696. The molecule has 4 atom stereocenters. The van der Waals surface area contributed by atoms with Gasteiger partial charge in [0.05, 0.1) is 50.1 Å². The fourth-order valence-corrected chi connectivity index (χ4v) is 11.9. The molecule has 3 amide bonds. The lowest BCUT2D eigenvalue weighted by Gasteiger charge is -2.63. The number of thiazole rings is 1. The number of halogens is 1. The van der Waals surface area contributed by atoms with Crippen molar-refractivity contribution in [1.82, 2.24) is 35.6 Å². The lowest BCUT2D eigenvalue weighted by molar-refractivity contribution is -0.164. The molecule has 70 heavy (non-hydrogen) atoms. The van der Waals surface area contributed by atoms with Gasteiger partial charge in [-0.2, -0.15) is 5.26 Å². The number of ether oxygens (including phenoxy) is 1. The van der Waals surface area contributed by atoms with E-state index in [0.29, 0.717) is 34.1 Å². The molecular weight excluding hydrogens is 926 g/mol. The second kappa shape index (κ2) is 20.8. The predicted molar refractivity (Wildman–Crippen MR) is 270 cm³/mol. The SMILES string of the molecule is Cc1ncsc1-c1ccc([C@H](C)NC(=O)[C@@H]2C[C@@H](O)CN2C(=O)C(c2cc(CCCN3CCN(c4ccc(C(=O)NC5C(C)(C)C(Oc6ccc(C#N)c(Cl)c6)C5(C)C)cn4)CC3)no2)C(C)C)cc1. The number of aryl methyl sites for hydroxylation is 2. The van der Waals surface area contributed by atoms with Crippen molar-refractivity contribution in [3.63, 3.8) is 0 Å². The average Bonchev–Trinajstić information content (AvgIpc) is 4.10. The molecule has 1 aliphatic carbocycles. The summed E-state index contributed by atoms with van der Waals surface area (Å²) in [5.74, 6) is 0.325. The van der Waals surface area contributed by atoms with E-state index in [1.165, 1.54) is 4.90 Å². The Morgan fingerprint density at radius 2 is 1.73 bits per heavy atom. The number of likely N-dealkylation sites (tertiary alicyclic amines) is 1. The Kier molecular flexibility index (Phi) is 15.0. The van der Waals surface area contributed by atoms with E-state index >= 15 is 0 Å². The maximum Gasteiger partial charge on any atom is 0.253 e. The number of β-amino-alcohol motifs (C(OH)–C–C–N with tert-alkyl or cyclic N) is 1. The number of nitrogens with zero attached hydrogens (tertiary/aromatic N) is 7. The van der Waals surface area contributed by atoms with Gasteiger partial charge in [-0.15, -0.1) is 11.3 Å². The summed E-state index contributed by atoms with van der Waals surface area (Å²) in [6.45, 7) is 20.4. The molecule has 1 unspecified atom stereocenters. The van der Waals surface area contributed by atoms with E-state index in [1.807, 2.05) is 75.7 Å². The standard InChI is InChI=1S/C53H64ClN9O6S/c1-31(2)45(49(67)63-29-39(64)25-42(63)48(66)58-32(3)34-11-13-35(14-12-34)46-33(4)57-30-70-46)43-24-38(60-69-43)10-9-19-61-20-22-62(23-21-61)44-18-16-37(28-56-44)47(65)59-50-52(5,6)51(53(50,7)8)68-40-17-15-36(27-55)41(54)26-40/h11-18,24,26,28,30-32,39,42,45,50-51,64H,9-10,19-23,25,29H2,1-8H3,(H,58,66)(H,59,65)/t32-,39+,42-,45?,50?,51?/m0/s1. The van der Waals surface area contributed by atoms with Gasteiger partial charge in [0, 0.05) is 74.3 Å². The summed E-state index contributed by atoms with van der Waals surface area (Å²) in [6.07, 6.45) is 2.32. The van der Waals surface area contributed by atoms with Crippen molar-refractivity contribution in [1.29, 1.82) is 5.26 Å². The number of aromatic nitrogens is 3. The zero-order chi connectivity index (χ0) is 50.1. The van der Waals surface area contributed by atoms with Crippen molar-refractivity contribution >= 4 is 46.5 Å². The van der Waals surface area contributed by atoms with Crippen molar-refractivity contribution in [3.05, 3.63) is 111 Å². The van der Waals surface area contributed by atoms with Crippen LogP contribution in [0.5, 0.6) is 5.75 Å². The molecule has 17 heteroatoms. The highest BCUT2D eigenvalue weighted by atomic mass is 35.5. The molecule has 8 rings (SSSR count). The fraction of sp³-hybridized carbons (Fsp3) is 0.491. The van der Waals surface area contributed by atoms with Crippen LogP contribution in [0.15, 0.2) is 76.9 Å². The van der Waals surface area contributed by atoms with Gasteiger partial charge in [0.25, 0.3) is 5.91 Å². The van der Waals surface area contributed by atoms with Gasteiger partial charge >= 0.3 is 0 Å². The molecule has 2 aromatic carbocycles. The molecule has 3 aromatic heterocycles. The quantitative estimate of drug-likeness (QED) is 0.0866. The number of carbonyl (C=O) groups excluding carboxylic acids is 3. The number of aliphatic hydroxyl groups excluding tert-OH is 1. The van der Waals surface area contributed by atoms with Gasteiger partial charge in [0.15, 0.2) is 0 Å². The number of rotatable bonds is 16. The van der Waals surface area contributed by atoms with Gasteiger partial charge in [-0.3, -0.25) is 19.3 Å². The Bertz CT molecular complexity index is 2690. The summed E-state index contributed by atoms with van der Waals surface area (Å²) in [5, 5.41) is 31.0. The third-order valence-electron chi connectivity index (χ3n) is 14.5. The van der Waals surface area contributed by atoms with E-state index in [0.717, 1.165) is 72.4 Å². The molecule has 3 fully saturated rings. The Labute approximate surface area is 419 Å². The first-order chi connectivity index (χ1) is 33.3. The third-order valence-corrected chi connectivity index (χ3v) is 15.8. The first-order valence-corrected chi connectivity index (χ1v) is 25.5. The number of aliphatic hydroxyl groups is 1. The number of hydrogen-bond donors (Lipinski definition) is 3. The second-order valence-electron chi connectivity index (χ2n) is 20.6. The molecule has 5 heterocycles. The van der Waals surface area contributed by atoms with Gasteiger partial charge < -0.3 is 34.8 Å². The molecule has 2 saturated heterocycles. The van der Waals surface area contributed by atoms with Crippen LogP contribution < -0.4 is 20.3 Å². The summed E-state index contributed by atoms with van der Waals surface area (Å²) >= 11 is 7.85. The molecule has 3 aliphatic rings. The van der Waals surface area contributed by atoms with Gasteiger partial charge in [0.2, 0.25) is 11.8 Å². The monoisotopic (exact) mass is 989 g/mol. The van der Waals surface area contributed by atoms with E-state index < -0.39 is 18.1 Å². The summed E-state index contributed by atoms with van der Waals surface area (Å²) in [5.41, 5.74) is 5.70. The van der Waals surface area contributed by atoms with Gasteiger partial charge in [-0.05, 0) is 74.5 Å². The highest BCUT2D eigenvalue weighted by Crippen LogP contribution is 2.55. The van der Waals surface area contributed by atoms with Crippen LogP contribution in [0.1, 0.15) is 112 Å². The number of carbonyl (C=O) groups is 3. The number of benzene rings is 2. The number of amides is 3. The maximum absolute atomic E-state index is 14.3. The Balaban J connectivity index is 0.786. The van der Waals surface area contributed by atoms with E-state index in [2.05, 4.69) is 64.3 Å². The van der Waals surface area contributed by atoms with Crippen LogP contribution in [0.3, 0.4) is 0 Å². The summed E-state index contributed by atoms with van der Waals surface area (Å²) in [4.78, 5) is 57.8. The van der Waals surface area contributed by atoms with Crippen molar-refractivity contribution in [2.75, 3.05) is 44.2 Å². The van der Waals surface area contributed by atoms with Gasteiger partial charge in [-0.1, -0.05) is 82.6 Å². The van der Waals surface area contributed by atoms with Crippen molar-refractivity contribution in [2.45, 2.75) is 111 Å². The normalized spacial score (nSPS) is 21.7. The molecule has 370 valence electrons. The molecule has 0 spiro atoms.